The van der Waals surface area contributed by atoms with Crippen LogP contribution in [0.3, 0.4) is 0 Å². The third kappa shape index (κ3) is 10.3. The van der Waals surface area contributed by atoms with E-state index in [1.807, 2.05) is 0 Å². The number of hydrogen-bond donors (Lipinski definition) is 4. The zero-order chi connectivity index (χ0) is 37.2. The van der Waals surface area contributed by atoms with Gasteiger partial charge in [-0.15, -0.1) is 0 Å². The summed E-state index contributed by atoms with van der Waals surface area (Å²) >= 11 is 0. The number of carboxylic acids is 5. The Morgan fingerprint density at radius 2 is 0.765 bits per heavy atom. The van der Waals surface area contributed by atoms with Crippen molar-refractivity contribution >= 4 is 83.0 Å². The molecule has 51 heavy (non-hydrogen) atoms. The zero-order valence-corrected chi connectivity index (χ0v) is 25.5. The van der Waals surface area contributed by atoms with Crippen LogP contribution in [0.1, 0.15) is 16.7 Å². The van der Waals surface area contributed by atoms with E-state index in [2.05, 4.69) is 30.9 Å². The van der Waals surface area contributed by atoms with Crippen molar-refractivity contribution in [1.29, 1.82) is 0 Å². The molecule has 0 saturated carbocycles. The molecule has 260 valence electrons. The van der Waals surface area contributed by atoms with Crippen LogP contribution in [0, 0.1) is 0 Å². The largest absolute Gasteiger partial charge is 0.828 e. The van der Waals surface area contributed by atoms with Crippen LogP contribution in [0.2, 0.25) is 0 Å². The lowest BCUT2D eigenvalue weighted by Gasteiger charge is -2.20. The molecule has 0 bridgehead atoms. The van der Waals surface area contributed by atoms with Gasteiger partial charge in [0.25, 0.3) is 0 Å². The van der Waals surface area contributed by atoms with Gasteiger partial charge in [0, 0.05) is 34.5 Å². The highest BCUT2D eigenvalue weighted by molar-refractivity contribution is 6.15. The Labute approximate surface area is 286 Å². The van der Waals surface area contributed by atoms with Gasteiger partial charge in [0.05, 0.1) is 29.8 Å². The van der Waals surface area contributed by atoms with Gasteiger partial charge in [-0.2, -0.15) is 15.0 Å². The predicted molar refractivity (Wildman–Crippen MR) is 164 cm³/mol. The number of nitrogens with one attached hydrogen (secondary N) is 3. The number of carboxylic acid groups (broad SMARTS) is 5. The first-order valence-corrected chi connectivity index (χ1v) is 14.1. The van der Waals surface area contributed by atoms with E-state index in [0.29, 0.717) is 17.1 Å². The summed E-state index contributed by atoms with van der Waals surface area (Å²) in [6.45, 7) is 0. The lowest BCUT2D eigenvalue weighted by Crippen LogP contribution is -2.37. The van der Waals surface area contributed by atoms with Gasteiger partial charge < -0.3 is 75.7 Å². The molecule has 0 amide bonds. The number of carbonyl (C=O) groups is 5. The minimum absolute atomic E-state index is 0.0390. The highest BCUT2D eigenvalue weighted by Crippen LogP contribution is 2.23. The van der Waals surface area contributed by atoms with Crippen LogP contribution in [0.5, 0.6) is 0 Å². The van der Waals surface area contributed by atoms with E-state index in [1.54, 1.807) is 0 Å². The van der Waals surface area contributed by atoms with E-state index >= 15 is 0 Å². The summed E-state index contributed by atoms with van der Waals surface area (Å²) < 4.78 is 0. The Morgan fingerprint density at radius 1 is 0.490 bits per heavy atom. The lowest BCUT2D eigenvalue weighted by molar-refractivity contribution is -0.468. The summed E-state index contributed by atoms with van der Waals surface area (Å²) in [5.74, 6) is -9.67. The standard InChI is InChI=1S/C33H25N6O12/c40-25(41)22(26(42)43)13-16-1-7-19(8-2-16)34-31-37-32(35-20-9-3-17(4-10-20)14-23(27(44)45)28(46)47)39-33(38-31)36-21-11-5-18(6-12-21)15-24(29(48)49)30(50)51/h1-15,25,40H,(H,42,43)(H,44,45)(H,46,47)(H,48,49)(H,50,51)(H3,34,35,36,37,38,39)/q-1/p-5/b22-13-. The minimum atomic E-state index is -2.52. The van der Waals surface area contributed by atoms with Gasteiger partial charge in [-0.25, -0.2) is 0 Å². The number of aromatic nitrogens is 3. The van der Waals surface area contributed by atoms with Crippen molar-refractivity contribution in [2.75, 3.05) is 16.0 Å². The molecule has 0 radical (unpaired) electrons. The number of aliphatic carboxylic acids is 5. The fraction of sp³-hybridized carbons (Fsp3) is 0.0303. The Kier molecular flexibility index (Phi) is 11.5. The monoisotopic (exact) mass is 692 g/mol. The highest BCUT2D eigenvalue weighted by Gasteiger charge is 2.10. The molecule has 18 nitrogen and oxygen atoms in total. The number of hydrogen-bond acceptors (Lipinski definition) is 18. The molecule has 18 heteroatoms. The van der Waals surface area contributed by atoms with Crippen molar-refractivity contribution in [3.05, 3.63) is 106 Å². The Bertz CT molecular complexity index is 1940. The molecule has 0 fully saturated rings. The minimum Gasteiger partial charge on any atom is -0.828 e. The summed E-state index contributed by atoms with van der Waals surface area (Å²) in [6, 6.07) is 17.2. The van der Waals surface area contributed by atoms with E-state index in [1.165, 1.54) is 72.8 Å². The van der Waals surface area contributed by atoms with Crippen molar-refractivity contribution < 1.29 is 59.7 Å². The maximum absolute atomic E-state index is 11.2. The fourth-order valence-electron chi connectivity index (χ4n) is 4.07. The average molecular weight is 693 g/mol. The number of aliphatic hydroxyl groups excluding tert-OH is 1. The summed E-state index contributed by atoms with van der Waals surface area (Å²) in [7, 11) is 0. The van der Waals surface area contributed by atoms with Crippen LogP contribution in [0.15, 0.2) is 89.5 Å². The molecule has 0 aliphatic rings. The van der Waals surface area contributed by atoms with Gasteiger partial charge in [0.1, 0.15) is 0 Å². The van der Waals surface area contributed by atoms with E-state index < -0.39 is 52.9 Å². The number of benzene rings is 3. The smallest absolute Gasteiger partial charge is 0.233 e. The Morgan fingerprint density at radius 3 is 1.00 bits per heavy atom. The molecule has 1 atom stereocenters. The van der Waals surface area contributed by atoms with Crippen LogP contribution in [0.4, 0.5) is 34.9 Å². The Hall–Kier alpha value is -7.44. The van der Waals surface area contributed by atoms with E-state index in [0.717, 1.165) is 18.2 Å². The topological polar surface area (TPSA) is 319 Å². The van der Waals surface area contributed by atoms with Crippen molar-refractivity contribution in [3.8, 4) is 0 Å². The highest BCUT2D eigenvalue weighted by atomic mass is 16.5. The Balaban J connectivity index is 1.64. The van der Waals surface area contributed by atoms with Gasteiger partial charge in [-0.05, 0) is 76.9 Å². The summed E-state index contributed by atoms with van der Waals surface area (Å²) in [6.07, 6.45) is 0.132. The van der Waals surface area contributed by atoms with Gasteiger partial charge in [-0.3, -0.25) is 0 Å². The van der Waals surface area contributed by atoms with Crippen LogP contribution in [0.25, 0.3) is 18.2 Å². The summed E-state index contributed by atoms with van der Waals surface area (Å²) in [5, 5.41) is 84.4. The molecule has 0 aliphatic heterocycles. The molecule has 0 spiro atoms. The van der Waals surface area contributed by atoms with Gasteiger partial charge in [-0.1, -0.05) is 36.4 Å². The van der Waals surface area contributed by atoms with Crippen LogP contribution >= 0.6 is 0 Å². The quantitative estimate of drug-likeness (QED) is 0.0396. The van der Waals surface area contributed by atoms with Gasteiger partial charge in [0.2, 0.25) is 17.8 Å². The maximum Gasteiger partial charge on any atom is 0.233 e. The van der Waals surface area contributed by atoms with Gasteiger partial charge >= 0.3 is 0 Å². The molecular formula is C33H20N6O12-6. The average Bonchev–Trinajstić information content (AvgIpc) is 3.06. The lowest BCUT2D eigenvalue weighted by atomic mass is 10.1. The number of aliphatic hydroxyl groups is 1. The van der Waals surface area contributed by atoms with E-state index in [9.17, 15) is 54.6 Å². The molecular weight excluding hydrogens is 672 g/mol. The molecule has 4 rings (SSSR count). The fourth-order valence-corrected chi connectivity index (χ4v) is 4.07. The van der Waals surface area contributed by atoms with E-state index in [-0.39, 0.29) is 34.5 Å². The van der Waals surface area contributed by atoms with Crippen LogP contribution in [-0.2, 0) is 24.0 Å². The maximum atomic E-state index is 11.2. The van der Waals surface area contributed by atoms with Crippen molar-refractivity contribution in [1.82, 2.24) is 15.0 Å². The summed E-state index contributed by atoms with van der Waals surface area (Å²) in [4.78, 5) is 68.2. The molecule has 0 aliphatic carbocycles. The molecule has 4 N–H and O–H groups in total. The van der Waals surface area contributed by atoms with E-state index in [4.69, 9.17) is 5.11 Å². The first kappa shape index (κ1) is 36.4. The van der Waals surface area contributed by atoms with Crippen LogP contribution in [-0.4, -0.2) is 56.2 Å². The SMILES string of the molecule is O=C([O-])C(=Cc1ccc(Nc2nc(Nc3ccc(C=C(C(=O)[O-])C(=O)[O-])cc3)nc(Nc3ccc(/C=C(\C(=O)[O-])C([O-])O)cc3)n2)cc1)C(=O)[O-]. The third-order valence-corrected chi connectivity index (χ3v) is 6.46. The second kappa shape index (κ2) is 16.1. The number of carbonyl (C=O) groups excluding carboxylic acids is 5. The molecule has 4 aromatic rings. The van der Waals surface area contributed by atoms with Crippen molar-refractivity contribution in [2.24, 2.45) is 0 Å². The third-order valence-electron chi connectivity index (χ3n) is 6.46. The first-order valence-electron chi connectivity index (χ1n) is 14.1. The second-order valence-corrected chi connectivity index (χ2v) is 10.1. The molecule has 1 unspecified atom stereocenters. The number of rotatable bonds is 15. The number of nitrogens with zero attached hydrogens (tertiary/aromatic N) is 3. The molecule has 3 aromatic carbocycles. The summed E-state index contributed by atoms with van der Waals surface area (Å²) in [5.41, 5.74) is -1.23. The normalized spacial score (nSPS) is 11.4. The second-order valence-electron chi connectivity index (χ2n) is 10.1. The first-order chi connectivity index (χ1) is 24.2. The van der Waals surface area contributed by atoms with Gasteiger partial charge in [0.15, 0.2) is 0 Å². The molecule has 1 heterocycles. The number of anilines is 6. The molecule has 0 saturated heterocycles. The predicted octanol–water partition coefficient (Wildman–Crippen LogP) is -4.32. The van der Waals surface area contributed by atoms with Crippen molar-refractivity contribution in [2.45, 2.75) is 6.29 Å². The molecule has 1 aromatic heterocycles. The van der Waals surface area contributed by atoms with Crippen LogP contribution < -0.4 is 46.6 Å². The van der Waals surface area contributed by atoms with Crippen molar-refractivity contribution in [3.63, 3.8) is 0 Å². The zero-order valence-electron chi connectivity index (χ0n) is 25.5.